The number of aromatic nitrogens is 2. The van der Waals surface area contributed by atoms with Gasteiger partial charge in [0.1, 0.15) is 9.84 Å². The van der Waals surface area contributed by atoms with E-state index in [1.165, 1.54) is 6.26 Å². The smallest absolute Gasteiger partial charge is 0.223 e. The van der Waals surface area contributed by atoms with Crippen molar-refractivity contribution >= 4 is 15.7 Å². The van der Waals surface area contributed by atoms with Gasteiger partial charge in [0.15, 0.2) is 0 Å². The van der Waals surface area contributed by atoms with Crippen molar-refractivity contribution < 1.29 is 13.2 Å². The molecule has 1 aliphatic carbocycles. The molecular formula is C14H23N3O3S. The van der Waals surface area contributed by atoms with Crippen LogP contribution in [0.2, 0.25) is 0 Å². The van der Waals surface area contributed by atoms with Gasteiger partial charge in [0.2, 0.25) is 5.91 Å². The fourth-order valence-electron chi connectivity index (χ4n) is 2.63. The number of hydrogen-bond donors (Lipinski definition) is 0. The van der Waals surface area contributed by atoms with E-state index in [1.807, 2.05) is 19.2 Å². The van der Waals surface area contributed by atoms with Crippen LogP contribution in [0.5, 0.6) is 0 Å². The topological polar surface area (TPSA) is 72.3 Å². The van der Waals surface area contributed by atoms with Gasteiger partial charge in [0.25, 0.3) is 0 Å². The van der Waals surface area contributed by atoms with Gasteiger partial charge in [0, 0.05) is 43.7 Å². The Bertz CT molecular complexity index is 564. The Morgan fingerprint density at radius 1 is 1.48 bits per heavy atom. The highest BCUT2D eigenvalue weighted by atomic mass is 32.2. The van der Waals surface area contributed by atoms with Crippen molar-refractivity contribution in [1.82, 2.24) is 14.7 Å². The maximum absolute atomic E-state index is 12.4. The minimum absolute atomic E-state index is 0.0361. The van der Waals surface area contributed by atoms with E-state index < -0.39 is 9.84 Å². The van der Waals surface area contributed by atoms with Gasteiger partial charge in [-0.05, 0) is 32.3 Å². The molecule has 1 heterocycles. The number of carbonyl (C=O) groups is 1. The Balaban J connectivity index is 1.87. The van der Waals surface area contributed by atoms with E-state index in [0.29, 0.717) is 13.0 Å². The highest BCUT2D eigenvalue weighted by Crippen LogP contribution is 2.29. The van der Waals surface area contributed by atoms with Gasteiger partial charge in [-0.25, -0.2) is 8.42 Å². The predicted molar refractivity (Wildman–Crippen MR) is 80.5 cm³/mol. The van der Waals surface area contributed by atoms with Crippen LogP contribution in [0.4, 0.5) is 0 Å². The third-order valence-electron chi connectivity index (χ3n) is 3.58. The largest absolute Gasteiger partial charge is 0.336 e. The SMILES string of the molecule is CC(CS(C)(=O)=O)N(C(=O)CCCn1cccn1)C1CC1. The second kappa shape index (κ2) is 6.60. The normalized spacial score (nSPS) is 16.7. The van der Waals surface area contributed by atoms with Crippen LogP contribution in [0, 0.1) is 0 Å². The molecule has 1 aromatic heterocycles. The van der Waals surface area contributed by atoms with Crippen LogP contribution in [0.25, 0.3) is 0 Å². The fourth-order valence-corrected chi connectivity index (χ4v) is 3.67. The summed E-state index contributed by atoms with van der Waals surface area (Å²) < 4.78 is 24.7. The molecule has 1 atom stereocenters. The second-order valence-electron chi connectivity index (χ2n) is 5.85. The van der Waals surface area contributed by atoms with Gasteiger partial charge in [-0.2, -0.15) is 5.10 Å². The van der Waals surface area contributed by atoms with E-state index in [0.717, 1.165) is 19.3 Å². The zero-order valence-corrected chi connectivity index (χ0v) is 13.4. The Morgan fingerprint density at radius 3 is 2.71 bits per heavy atom. The Labute approximate surface area is 126 Å². The van der Waals surface area contributed by atoms with Gasteiger partial charge in [-0.1, -0.05) is 0 Å². The van der Waals surface area contributed by atoms with Crippen molar-refractivity contribution in [3.63, 3.8) is 0 Å². The van der Waals surface area contributed by atoms with Crippen molar-refractivity contribution in [2.75, 3.05) is 12.0 Å². The molecule has 0 aliphatic heterocycles. The van der Waals surface area contributed by atoms with Crippen LogP contribution in [-0.2, 0) is 21.2 Å². The van der Waals surface area contributed by atoms with Crippen LogP contribution < -0.4 is 0 Å². The van der Waals surface area contributed by atoms with Crippen LogP contribution in [0.1, 0.15) is 32.6 Å². The van der Waals surface area contributed by atoms with Gasteiger partial charge >= 0.3 is 0 Å². The lowest BCUT2D eigenvalue weighted by atomic mass is 10.2. The lowest BCUT2D eigenvalue weighted by molar-refractivity contribution is -0.133. The van der Waals surface area contributed by atoms with Crippen LogP contribution in [-0.4, -0.2) is 53.1 Å². The van der Waals surface area contributed by atoms with E-state index in [9.17, 15) is 13.2 Å². The monoisotopic (exact) mass is 313 g/mol. The third-order valence-corrected chi connectivity index (χ3v) is 4.67. The number of carbonyl (C=O) groups excluding carboxylic acids is 1. The van der Waals surface area contributed by atoms with Gasteiger partial charge in [-0.3, -0.25) is 9.48 Å². The minimum atomic E-state index is -3.07. The first-order chi connectivity index (χ1) is 9.87. The second-order valence-corrected chi connectivity index (χ2v) is 8.03. The summed E-state index contributed by atoms with van der Waals surface area (Å²) in [6, 6.07) is 1.84. The van der Waals surface area contributed by atoms with Crippen LogP contribution in [0.15, 0.2) is 18.5 Å². The average molecular weight is 313 g/mol. The van der Waals surface area contributed by atoms with E-state index >= 15 is 0 Å². The fraction of sp³-hybridized carbons (Fsp3) is 0.714. The molecule has 0 saturated heterocycles. The molecule has 21 heavy (non-hydrogen) atoms. The summed E-state index contributed by atoms with van der Waals surface area (Å²) in [5.41, 5.74) is 0. The molecule has 1 aliphatic rings. The number of sulfone groups is 1. The number of aryl methyl sites for hydroxylation is 1. The van der Waals surface area contributed by atoms with E-state index in [-0.39, 0.29) is 23.7 Å². The highest BCUT2D eigenvalue weighted by Gasteiger charge is 2.36. The Morgan fingerprint density at radius 2 is 2.19 bits per heavy atom. The summed E-state index contributed by atoms with van der Waals surface area (Å²) in [4.78, 5) is 14.2. The number of hydrogen-bond acceptors (Lipinski definition) is 4. The summed E-state index contributed by atoms with van der Waals surface area (Å²) in [5, 5.41) is 4.10. The highest BCUT2D eigenvalue weighted by molar-refractivity contribution is 7.90. The zero-order valence-electron chi connectivity index (χ0n) is 12.6. The summed E-state index contributed by atoms with van der Waals surface area (Å²) in [7, 11) is -3.07. The number of amides is 1. The van der Waals surface area contributed by atoms with Crippen molar-refractivity contribution in [3.8, 4) is 0 Å². The molecule has 1 amide bonds. The molecule has 1 unspecified atom stereocenters. The van der Waals surface area contributed by atoms with Crippen molar-refractivity contribution in [2.45, 2.75) is 51.2 Å². The van der Waals surface area contributed by atoms with Gasteiger partial charge in [0.05, 0.1) is 5.75 Å². The predicted octanol–water partition coefficient (Wildman–Crippen LogP) is 1.09. The van der Waals surface area contributed by atoms with Crippen LogP contribution >= 0.6 is 0 Å². The number of nitrogens with zero attached hydrogens (tertiary/aromatic N) is 3. The average Bonchev–Trinajstić information content (AvgIpc) is 3.03. The number of rotatable bonds is 8. The molecule has 1 aromatic rings. The summed E-state index contributed by atoms with van der Waals surface area (Å²) in [6.07, 6.45) is 7.93. The molecule has 0 bridgehead atoms. The molecule has 6 nitrogen and oxygen atoms in total. The van der Waals surface area contributed by atoms with Crippen LogP contribution in [0.3, 0.4) is 0 Å². The standard InChI is InChI=1S/C14H23N3O3S/c1-12(11-21(2,19)20)17(13-6-7-13)14(18)5-3-9-16-10-4-8-15-16/h4,8,10,12-13H,3,5-7,9,11H2,1-2H3. The molecule has 0 radical (unpaired) electrons. The van der Waals surface area contributed by atoms with E-state index in [4.69, 9.17) is 0 Å². The minimum Gasteiger partial charge on any atom is -0.336 e. The molecule has 2 rings (SSSR count). The lowest BCUT2D eigenvalue weighted by Crippen LogP contribution is -2.43. The summed E-state index contributed by atoms with van der Waals surface area (Å²) in [5.74, 6) is 0.0924. The van der Waals surface area contributed by atoms with Crippen molar-refractivity contribution in [1.29, 1.82) is 0 Å². The molecule has 0 aromatic carbocycles. The van der Waals surface area contributed by atoms with E-state index in [2.05, 4.69) is 5.10 Å². The summed E-state index contributed by atoms with van der Waals surface area (Å²) in [6.45, 7) is 2.53. The maximum atomic E-state index is 12.4. The lowest BCUT2D eigenvalue weighted by Gasteiger charge is -2.29. The Hall–Kier alpha value is -1.37. The van der Waals surface area contributed by atoms with Crippen molar-refractivity contribution in [2.24, 2.45) is 0 Å². The molecule has 118 valence electrons. The van der Waals surface area contributed by atoms with Gasteiger partial charge in [-0.15, -0.1) is 0 Å². The maximum Gasteiger partial charge on any atom is 0.223 e. The molecule has 7 heteroatoms. The first-order valence-electron chi connectivity index (χ1n) is 7.33. The molecule has 0 spiro atoms. The zero-order chi connectivity index (χ0) is 15.5. The third kappa shape index (κ3) is 5.15. The van der Waals surface area contributed by atoms with Crippen molar-refractivity contribution in [3.05, 3.63) is 18.5 Å². The first kappa shape index (κ1) is 16.0. The molecular weight excluding hydrogens is 290 g/mol. The quantitative estimate of drug-likeness (QED) is 0.720. The van der Waals surface area contributed by atoms with Gasteiger partial charge < -0.3 is 4.90 Å². The summed E-state index contributed by atoms with van der Waals surface area (Å²) >= 11 is 0. The molecule has 1 saturated carbocycles. The molecule has 0 N–H and O–H groups in total. The Kier molecular flexibility index (Phi) is 5.03. The van der Waals surface area contributed by atoms with E-state index in [1.54, 1.807) is 15.8 Å². The first-order valence-corrected chi connectivity index (χ1v) is 9.39. The molecule has 1 fully saturated rings.